The largest absolute Gasteiger partial charge is 0.401 e. The van der Waals surface area contributed by atoms with E-state index in [1.54, 1.807) is 6.21 Å². The van der Waals surface area contributed by atoms with Crippen LogP contribution in [0, 0.1) is 13.8 Å². The molecule has 0 saturated carbocycles. The summed E-state index contributed by atoms with van der Waals surface area (Å²) in [7, 11) is 0. The molecule has 0 atom stereocenters. The average molecular weight is 511 g/mol. The van der Waals surface area contributed by atoms with Crippen molar-refractivity contribution in [2.45, 2.75) is 33.1 Å². The number of rotatable bonds is 7. The van der Waals surface area contributed by atoms with Crippen molar-refractivity contribution >= 4 is 11.9 Å². The van der Waals surface area contributed by atoms with Crippen LogP contribution in [0.15, 0.2) is 126 Å². The van der Waals surface area contributed by atoms with Gasteiger partial charge in [0.1, 0.15) is 0 Å². The first-order chi connectivity index (χ1) is 18.8. The van der Waals surface area contributed by atoms with Crippen molar-refractivity contribution in [1.82, 2.24) is 9.78 Å². The standard InChI is InChI=1S/C35H34N4/c1-25-15-17-29(27-11-7-5-8-12-27)23-31(25)37-21-19-33(36)35(3,4)34-20-22-39(38-34)32-24-30(18-16-26(32)2)28-13-9-6-10-14-28/h5-24H,36H2,1-4H3/b33-19-,37-21?. The summed E-state index contributed by atoms with van der Waals surface area (Å²) in [6.07, 6.45) is 5.68. The fourth-order valence-corrected chi connectivity index (χ4v) is 4.57. The van der Waals surface area contributed by atoms with Gasteiger partial charge in [0.15, 0.2) is 0 Å². The smallest absolute Gasteiger partial charge is 0.0743 e. The maximum atomic E-state index is 6.61. The fourth-order valence-electron chi connectivity index (χ4n) is 4.57. The average Bonchev–Trinajstić information content (AvgIpc) is 3.46. The van der Waals surface area contributed by atoms with E-state index in [4.69, 9.17) is 15.8 Å². The molecular formula is C35H34N4. The summed E-state index contributed by atoms with van der Waals surface area (Å²) in [5.41, 5.74) is 16.6. The van der Waals surface area contributed by atoms with Gasteiger partial charge in [-0.2, -0.15) is 5.10 Å². The molecule has 4 heteroatoms. The van der Waals surface area contributed by atoms with Crippen LogP contribution in [-0.2, 0) is 5.41 Å². The van der Waals surface area contributed by atoms with Gasteiger partial charge in [0.2, 0.25) is 0 Å². The molecule has 0 aliphatic carbocycles. The minimum absolute atomic E-state index is 0.469. The number of aromatic nitrogens is 2. The zero-order valence-corrected chi connectivity index (χ0v) is 23.0. The van der Waals surface area contributed by atoms with Crippen molar-refractivity contribution in [1.29, 1.82) is 0 Å². The predicted molar refractivity (Wildman–Crippen MR) is 164 cm³/mol. The van der Waals surface area contributed by atoms with E-state index in [2.05, 4.69) is 100 Å². The quantitative estimate of drug-likeness (QED) is 0.224. The summed E-state index contributed by atoms with van der Waals surface area (Å²) in [6, 6.07) is 35.6. The molecule has 1 aromatic heterocycles. The van der Waals surface area contributed by atoms with Crippen LogP contribution in [0.2, 0.25) is 0 Å². The number of allylic oxidation sites excluding steroid dienone is 2. The van der Waals surface area contributed by atoms with Gasteiger partial charge in [0.25, 0.3) is 0 Å². The normalized spacial score (nSPS) is 12.3. The molecule has 0 spiro atoms. The molecule has 1 heterocycles. The van der Waals surface area contributed by atoms with Crippen LogP contribution < -0.4 is 5.73 Å². The molecule has 194 valence electrons. The third kappa shape index (κ3) is 5.60. The zero-order chi connectivity index (χ0) is 27.4. The molecule has 0 amide bonds. The summed E-state index contributed by atoms with van der Waals surface area (Å²) in [5.74, 6) is 0. The van der Waals surface area contributed by atoms with Gasteiger partial charge in [-0.05, 0) is 85.4 Å². The van der Waals surface area contributed by atoms with Crippen molar-refractivity contribution in [3.05, 3.63) is 138 Å². The highest BCUT2D eigenvalue weighted by atomic mass is 15.3. The third-order valence-electron chi connectivity index (χ3n) is 7.30. The number of hydrogen-bond acceptors (Lipinski definition) is 3. The number of nitrogens with two attached hydrogens (primary N) is 1. The molecule has 0 unspecified atom stereocenters. The molecular weight excluding hydrogens is 476 g/mol. The van der Waals surface area contributed by atoms with Crippen LogP contribution in [0.3, 0.4) is 0 Å². The predicted octanol–water partition coefficient (Wildman–Crippen LogP) is 8.35. The Labute approximate surface area is 231 Å². The first kappa shape index (κ1) is 25.9. The summed E-state index contributed by atoms with van der Waals surface area (Å²) in [4.78, 5) is 4.73. The van der Waals surface area contributed by atoms with Crippen LogP contribution >= 0.6 is 0 Å². The van der Waals surface area contributed by atoms with E-state index in [1.807, 2.05) is 47.3 Å². The monoisotopic (exact) mass is 510 g/mol. The zero-order valence-electron chi connectivity index (χ0n) is 23.0. The second-order valence-electron chi connectivity index (χ2n) is 10.4. The number of hydrogen-bond donors (Lipinski definition) is 1. The minimum atomic E-state index is -0.469. The van der Waals surface area contributed by atoms with E-state index in [-0.39, 0.29) is 0 Å². The fraction of sp³-hybridized carbons (Fsp3) is 0.143. The Morgan fingerprint density at radius 1 is 0.744 bits per heavy atom. The van der Waals surface area contributed by atoms with Gasteiger partial charge in [-0.15, -0.1) is 0 Å². The summed E-state index contributed by atoms with van der Waals surface area (Å²) in [5, 5.41) is 4.95. The van der Waals surface area contributed by atoms with Gasteiger partial charge in [-0.3, -0.25) is 4.99 Å². The van der Waals surface area contributed by atoms with E-state index in [9.17, 15) is 0 Å². The Morgan fingerprint density at radius 2 is 1.33 bits per heavy atom. The van der Waals surface area contributed by atoms with Crippen LogP contribution in [0.25, 0.3) is 27.9 Å². The van der Waals surface area contributed by atoms with E-state index in [0.29, 0.717) is 5.70 Å². The molecule has 0 saturated heterocycles. The molecule has 5 rings (SSSR count). The van der Waals surface area contributed by atoms with E-state index in [0.717, 1.165) is 39.3 Å². The maximum absolute atomic E-state index is 6.61. The molecule has 0 aliphatic rings. The van der Waals surface area contributed by atoms with Crippen LogP contribution in [-0.4, -0.2) is 16.0 Å². The Balaban J connectivity index is 1.38. The van der Waals surface area contributed by atoms with Crippen molar-refractivity contribution in [2.75, 3.05) is 0 Å². The highest BCUT2D eigenvalue weighted by Gasteiger charge is 2.26. The first-order valence-corrected chi connectivity index (χ1v) is 13.2. The van der Waals surface area contributed by atoms with Crippen LogP contribution in [0.5, 0.6) is 0 Å². The van der Waals surface area contributed by atoms with E-state index < -0.39 is 5.41 Å². The Hall–Kier alpha value is -4.70. The molecule has 4 nitrogen and oxygen atoms in total. The highest BCUT2D eigenvalue weighted by Crippen LogP contribution is 2.30. The molecule has 0 aliphatic heterocycles. The summed E-state index contributed by atoms with van der Waals surface area (Å²) >= 11 is 0. The van der Waals surface area contributed by atoms with E-state index in [1.165, 1.54) is 11.1 Å². The molecule has 39 heavy (non-hydrogen) atoms. The first-order valence-electron chi connectivity index (χ1n) is 13.2. The number of nitrogens with zero attached hydrogens (tertiary/aromatic N) is 3. The SMILES string of the molecule is Cc1ccc(-c2ccccc2)cc1N=C/C=C(\N)C(C)(C)c1ccn(-c2cc(-c3ccccc3)ccc2C)n1. The Bertz CT molecular complexity index is 1640. The van der Waals surface area contributed by atoms with Crippen molar-refractivity contribution in [2.24, 2.45) is 10.7 Å². The Morgan fingerprint density at radius 3 is 1.97 bits per heavy atom. The molecule has 4 aromatic carbocycles. The second-order valence-corrected chi connectivity index (χ2v) is 10.4. The summed E-state index contributed by atoms with van der Waals surface area (Å²) < 4.78 is 1.94. The molecule has 0 bridgehead atoms. The third-order valence-corrected chi connectivity index (χ3v) is 7.30. The topological polar surface area (TPSA) is 56.2 Å². The second kappa shape index (κ2) is 11.0. The van der Waals surface area contributed by atoms with Gasteiger partial charge in [-0.25, -0.2) is 4.68 Å². The number of aryl methyl sites for hydroxylation is 2. The highest BCUT2D eigenvalue weighted by molar-refractivity contribution is 5.78. The molecule has 0 fully saturated rings. The van der Waals surface area contributed by atoms with Crippen molar-refractivity contribution < 1.29 is 0 Å². The van der Waals surface area contributed by atoms with E-state index >= 15 is 0 Å². The van der Waals surface area contributed by atoms with Gasteiger partial charge >= 0.3 is 0 Å². The van der Waals surface area contributed by atoms with Gasteiger partial charge in [0.05, 0.1) is 17.1 Å². The van der Waals surface area contributed by atoms with Crippen molar-refractivity contribution in [3.8, 4) is 27.9 Å². The van der Waals surface area contributed by atoms with Crippen LogP contribution in [0.4, 0.5) is 5.69 Å². The van der Waals surface area contributed by atoms with Crippen molar-refractivity contribution in [3.63, 3.8) is 0 Å². The minimum Gasteiger partial charge on any atom is -0.401 e. The van der Waals surface area contributed by atoms with Gasteiger partial charge in [0, 0.05) is 23.5 Å². The number of benzene rings is 4. The molecule has 5 aromatic rings. The molecule has 0 radical (unpaired) electrons. The lowest BCUT2D eigenvalue weighted by Gasteiger charge is -2.23. The maximum Gasteiger partial charge on any atom is 0.0743 e. The lowest BCUT2D eigenvalue weighted by Crippen LogP contribution is -2.27. The number of aliphatic imine (C=N–C) groups is 1. The molecule has 2 N–H and O–H groups in total. The lowest BCUT2D eigenvalue weighted by molar-refractivity contribution is 0.584. The Kier molecular flexibility index (Phi) is 7.29. The van der Waals surface area contributed by atoms with Crippen LogP contribution in [0.1, 0.15) is 30.7 Å². The van der Waals surface area contributed by atoms with Gasteiger partial charge < -0.3 is 5.73 Å². The lowest BCUT2D eigenvalue weighted by atomic mass is 9.86. The van der Waals surface area contributed by atoms with Gasteiger partial charge in [-0.1, -0.05) is 84.9 Å². The summed E-state index contributed by atoms with van der Waals surface area (Å²) in [6.45, 7) is 8.36.